The number of carbonyl (C=O) groups excluding carboxylic acids is 1. The SMILES string of the molecule is O=C(Nc1ccc([N+](=O)[O-])cc1OCc1ccccc1)c1ccccc1. The number of hydrogen-bond donors (Lipinski definition) is 1. The van der Waals surface area contributed by atoms with Crippen LogP contribution < -0.4 is 10.1 Å². The summed E-state index contributed by atoms with van der Waals surface area (Å²) in [6.45, 7) is 0.232. The van der Waals surface area contributed by atoms with Crippen LogP contribution in [0.1, 0.15) is 15.9 Å². The van der Waals surface area contributed by atoms with Crippen LogP contribution >= 0.6 is 0 Å². The smallest absolute Gasteiger partial charge is 0.273 e. The van der Waals surface area contributed by atoms with Gasteiger partial charge in [-0.2, -0.15) is 0 Å². The Morgan fingerprint density at radius 1 is 0.962 bits per heavy atom. The quantitative estimate of drug-likeness (QED) is 0.528. The van der Waals surface area contributed by atoms with Crippen molar-refractivity contribution >= 4 is 17.3 Å². The first kappa shape index (κ1) is 17.2. The lowest BCUT2D eigenvalue weighted by Gasteiger charge is -2.13. The summed E-state index contributed by atoms with van der Waals surface area (Å²) >= 11 is 0. The molecule has 0 fully saturated rings. The molecule has 0 unspecified atom stereocenters. The number of nitrogens with zero attached hydrogens (tertiary/aromatic N) is 1. The van der Waals surface area contributed by atoms with Crippen LogP contribution in [0.25, 0.3) is 0 Å². The lowest BCUT2D eigenvalue weighted by molar-refractivity contribution is -0.384. The first-order chi connectivity index (χ1) is 12.6. The maximum absolute atomic E-state index is 12.4. The van der Waals surface area contributed by atoms with E-state index in [1.54, 1.807) is 24.3 Å². The van der Waals surface area contributed by atoms with Crippen molar-refractivity contribution in [3.05, 3.63) is 100 Å². The minimum atomic E-state index is -0.502. The normalized spacial score (nSPS) is 10.2. The van der Waals surface area contributed by atoms with Gasteiger partial charge in [0.05, 0.1) is 16.7 Å². The molecule has 0 radical (unpaired) electrons. The Morgan fingerprint density at radius 2 is 1.62 bits per heavy atom. The van der Waals surface area contributed by atoms with Gasteiger partial charge in [-0.15, -0.1) is 0 Å². The van der Waals surface area contributed by atoms with Gasteiger partial charge in [-0.1, -0.05) is 48.5 Å². The lowest BCUT2D eigenvalue weighted by Crippen LogP contribution is -2.13. The van der Waals surface area contributed by atoms with Gasteiger partial charge < -0.3 is 10.1 Å². The van der Waals surface area contributed by atoms with E-state index in [0.29, 0.717) is 11.3 Å². The van der Waals surface area contributed by atoms with Gasteiger partial charge in [0.2, 0.25) is 0 Å². The molecular weight excluding hydrogens is 332 g/mol. The van der Waals surface area contributed by atoms with Crippen LogP contribution in [0.5, 0.6) is 5.75 Å². The number of ether oxygens (including phenoxy) is 1. The molecule has 0 aliphatic carbocycles. The Balaban J connectivity index is 1.83. The second-order valence-corrected chi connectivity index (χ2v) is 5.53. The lowest BCUT2D eigenvalue weighted by atomic mass is 10.2. The number of rotatable bonds is 6. The predicted octanol–water partition coefficient (Wildman–Crippen LogP) is 4.43. The van der Waals surface area contributed by atoms with E-state index in [-0.39, 0.29) is 24.0 Å². The number of nitro benzene ring substituents is 1. The number of hydrogen-bond acceptors (Lipinski definition) is 4. The van der Waals surface area contributed by atoms with E-state index >= 15 is 0 Å². The van der Waals surface area contributed by atoms with Gasteiger partial charge in [0, 0.05) is 11.6 Å². The van der Waals surface area contributed by atoms with Crippen molar-refractivity contribution in [1.82, 2.24) is 0 Å². The average Bonchev–Trinajstić information content (AvgIpc) is 2.68. The fourth-order valence-corrected chi connectivity index (χ4v) is 2.37. The van der Waals surface area contributed by atoms with Crippen LogP contribution in [-0.2, 0) is 6.61 Å². The highest BCUT2D eigenvalue weighted by atomic mass is 16.6. The summed E-state index contributed by atoms with van der Waals surface area (Å²) in [5.74, 6) is -0.0728. The second-order valence-electron chi connectivity index (χ2n) is 5.53. The third kappa shape index (κ3) is 4.24. The fraction of sp³-hybridized carbons (Fsp3) is 0.0500. The molecule has 130 valence electrons. The number of nitrogens with one attached hydrogen (secondary N) is 1. The molecule has 0 saturated carbocycles. The molecule has 0 aromatic heterocycles. The predicted molar refractivity (Wildman–Crippen MR) is 98.3 cm³/mol. The first-order valence-electron chi connectivity index (χ1n) is 7.95. The molecule has 6 heteroatoms. The van der Waals surface area contributed by atoms with Gasteiger partial charge >= 0.3 is 0 Å². The molecule has 1 amide bonds. The van der Waals surface area contributed by atoms with Gasteiger partial charge in [0.15, 0.2) is 0 Å². The van der Waals surface area contributed by atoms with Gasteiger partial charge in [0.25, 0.3) is 11.6 Å². The Labute approximate surface area is 150 Å². The average molecular weight is 348 g/mol. The van der Waals surface area contributed by atoms with E-state index in [0.717, 1.165) is 5.56 Å². The molecule has 3 aromatic carbocycles. The van der Waals surface area contributed by atoms with E-state index in [4.69, 9.17) is 4.74 Å². The summed E-state index contributed by atoms with van der Waals surface area (Å²) in [5, 5.41) is 13.8. The van der Waals surface area contributed by atoms with E-state index in [1.165, 1.54) is 18.2 Å². The zero-order valence-electron chi connectivity index (χ0n) is 13.8. The van der Waals surface area contributed by atoms with Crippen molar-refractivity contribution in [2.45, 2.75) is 6.61 Å². The molecule has 0 atom stereocenters. The van der Waals surface area contributed by atoms with Crippen LogP contribution in [0, 0.1) is 10.1 Å². The van der Waals surface area contributed by atoms with Crippen LogP contribution in [0.4, 0.5) is 11.4 Å². The summed E-state index contributed by atoms with van der Waals surface area (Å²) in [6.07, 6.45) is 0. The highest BCUT2D eigenvalue weighted by Crippen LogP contribution is 2.30. The summed E-state index contributed by atoms with van der Waals surface area (Å²) in [7, 11) is 0. The molecule has 0 heterocycles. The van der Waals surface area contributed by atoms with Crippen molar-refractivity contribution in [1.29, 1.82) is 0 Å². The molecule has 26 heavy (non-hydrogen) atoms. The van der Waals surface area contributed by atoms with E-state index < -0.39 is 4.92 Å². The summed E-state index contributed by atoms with van der Waals surface area (Å²) in [5.41, 5.74) is 1.67. The molecule has 3 rings (SSSR count). The second kappa shape index (κ2) is 7.94. The van der Waals surface area contributed by atoms with E-state index in [9.17, 15) is 14.9 Å². The van der Waals surface area contributed by atoms with Gasteiger partial charge in [-0.05, 0) is 23.8 Å². The molecular formula is C20H16N2O4. The number of nitro groups is 1. The number of benzene rings is 3. The Hall–Kier alpha value is -3.67. The standard InChI is InChI=1S/C20H16N2O4/c23-20(16-9-5-2-6-10-16)21-18-12-11-17(22(24)25)13-19(18)26-14-15-7-3-1-4-8-15/h1-13H,14H2,(H,21,23). The maximum Gasteiger partial charge on any atom is 0.273 e. The molecule has 6 nitrogen and oxygen atoms in total. The number of carbonyl (C=O) groups is 1. The largest absolute Gasteiger partial charge is 0.486 e. The van der Waals surface area contributed by atoms with Crippen molar-refractivity contribution in [3.8, 4) is 5.75 Å². The highest BCUT2D eigenvalue weighted by molar-refractivity contribution is 6.05. The maximum atomic E-state index is 12.4. The molecule has 1 N–H and O–H groups in total. The Morgan fingerprint density at radius 3 is 2.27 bits per heavy atom. The summed E-state index contributed by atoms with van der Waals surface area (Å²) < 4.78 is 5.73. The molecule has 0 spiro atoms. The van der Waals surface area contributed by atoms with Crippen LogP contribution in [0.3, 0.4) is 0 Å². The summed E-state index contributed by atoms with van der Waals surface area (Å²) in [4.78, 5) is 22.9. The molecule has 0 bridgehead atoms. The number of anilines is 1. The minimum Gasteiger partial charge on any atom is -0.486 e. The molecule has 0 aliphatic rings. The van der Waals surface area contributed by atoms with E-state index in [1.807, 2.05) is 36.4 Å². The fourth-order valence-electron chi connectivity index (χ4n) is 2.37. The monoisotopic (exact) mass is 348 g/mol. The zero-order valence-corrected chi connectivity index (χ0v) is 13.8. The van der Waals surface area contributed by atoms with Crippen molar-refractivity contribution in [2.24, 2.45) is 0 Å². The molecule has 0 saturated heterocycles. The van der Waals surface area contributed by atoms with Crippen LogP contribution in [0.2, 0.25) is 0 Å². The first-order valence-corrected chi connectivity index (χ1v) is 7.95. The number of amides is 1. The summed E-state index contributed by atoms with van der Waals surface area (Å²) in [6, 6.07) is 22.2. The number of non-ortho nitro benzene ring substituents is 1. The van der Waals surface area contributed by atoms with Crippen molar-refractivity contribution in [3.63, 3.8) is 0 Å². The van der Waals surface area contributed by atoms with Crippen LogP contribution in [-0.4, -0.2) is 10.8 Å². The topological polar surface area (TPSA) is 81.5 Å². The van der Waals surface area contributed by atoms with Crippen molar-refractivity contribution < 1.29 is 14.5 Å². The Bertz CT molecular complexity index is 912. The van der Waals surface area contributed by atoms with Gasteiger partial charge in [0.1, 0.15) is 12.4 Å². The Kier molecular flexibility index (Phi) is 5.24. The molecule has 3 aromatic rings. The third-order valence-corrected chi connectivity index (χ3v) is 3.70. The van der Waals surface area contributed by atoms with Gasteiger partial charge in [-0.3, -0.25) is 14.9 Å². The highest BCUT2D eigenvalue weighted by Gasteiger charge is 2.15. The molecule has 0 aliphatic heterocycles. The zero-order chi connectivity index (χ0) is 18.4. The van der Waals surface area contributed by atoms with E-state index in [2.05, 4.69) is 5.32 Å². The van der Waals surface area contributed by atoms with Crippen LogP contribution in [0.15, 0.2) is 78.9 Å². The minimum absolute atomic E-state index is 0.106. The third-order valence-electron chi connectivity index (χ3n) is 3.70. The van der Waals surface area contributed by atoms with Gasteiger partial charge in [-0.25, -0.2) is 0 Å². The van der Waals surface area contributed by atoms with Crippen molar-refractivity contribution in [2.75, 3.05) is 5.32 Å².